The predicted molar refractivity (Wildman–Crippen MR) is 156 cm³/mol. The summed E-state index contributed by atoms with van der Waals surface area (Å²) < 4.78 is 0. The molecule has 3 aromatic carbocycles. The molecule has 0 aromatic heterocycles. The van der Waals surface area contributed by atoms with Crippen LogP contribution in [0.15, 0.2) is 115 Å². The van der Waals surface area contributed by atoms with Crippen LogP contribution >= 0.6 is 7.26 Å². The Labute approximate surface area is 234 Å². The van der Waals surface area contributed by atoms with Crippen molar-refractivity contribution >= 4 is 23.2 Å². The molecule has 2 nitrogen and oxygen atoms in total. The van der Waals surface area contributed by atoms with Gasteiger partial charge in [-0.25, -0.2) is 0 Å². The quantitative estimate of drug-likeness (QED) is 0.319. The summed E-state index contributed by atoms with van der Waals surface area (Å²) in [5, 5.41) is 25.9. The lowest BCUT2D eigenvalue weighted by atomic mass is 9.78. The van der Waals surface area contributed by atoms with Crippen molar-refractivity contribution in [1.82, 2.24) is 0 Å². The third-order valence-electron chi connectivity index (χ3n) is 7.86. The van der Waals surface area contributed by atoms with E-state index in [1.54, 1.807) is 0 Å². The van der Waals surface area contributed by atoms with E-state index in [4.69, 9.17) is 0 Å². The normalized spacial score (nSPS) is 22.7. The third kappa shape index (κ3) is 6.52. The van der Waals surface area contributed by atoms with E-state index in [-0.39, 0.29) is 28.8 Å². The summed E-state index contributed by atoms with van der Waals surface area (Å²) in [6.45, 7) is 7.78. The summed E-state index contributed by atoms with van der Waals surface area (Å²) in [5.74, 6) is -0.0288. The number of hydrogen-bond donors (Lipinski definition) is 2. The van der Waals surface area contributed by atoms with E-state index in [1.807, 2.05) is 20.8 Å². The van der Waals surface area contributed by atoms with Crippen LogP contribution < -0.4 is 32.9 Å². The van der Waals surface area contributed by atoms with Crippen molar-refractivity contribution in [2.45, 2.75) is 51.7 Å². The van der Waals surface area contributed by atoms with Gasteiger partial charge >= 0.3 is 0 Å². The Morgan fingerprint density at radius 3 is 1.73 bits per heavy atom. The molecule has 0 heterocycles. The van der Waals surface area contributed by atoms with Gasteiger partial charge in [0.1, 0.15) is 23.2 Å². The molecule has 1 fully saturated rings. The Morgan fingerprint density at radius 2 is 1.32 bits per heavy atom. The molecule has 1 saturated carbocycles. The van der Waals surface area contributed by atoms with Crippen molar-refractivity contribution in [3.05, 3.63) is 115 Å². The van der Waals surface area contributed by atoms with Gasteiger partial charge in [-0.3, -0.25) is 0 Å². The fourth-order valence-corrected chi connectivity index (χ4v) is 9.91. The fraction of sp³-hybridized carbons (Fsp3) is 0.333. The number of rotatable bonds is 8. The number of allylic oxidation sites excluding steroid dienone is 3. The summed E-state index contributed by atoms with van der Waals surface area (Å²) in [4.78, 5) is 0. The Bertz CT molecular complexity index is 1080. The highest BCUT2D eigenvalue weighted by Gasteiger charge is 2.48. The first-order valence-corrected chi connectivity index (χ1v) is 15.0. The summed E-state index contributed by atoms with van der Waals surface area (Å²) in [5.41, 5.74) is -0.433. The third-order valence-corrected chi connectivity index (χ3v) is 12.1. The van der Waals surface area contributed by atoms with Crippen LogP contribution in [0.1, 0.15) is 40.5 Å². The molecule has 0 amide bonds. The number of benzene rings is 3. The van der Waals surface area contributed by atoms with E-state index in [0.717, 1.165) is 12.6 Å². The Balaban J connectivity index is 0.00000380. The highest BCUT2D eigenvalue weighted by Crippen LogP contribution is 2.55. The van der Waals surface area contributed by atoms with Gasteiger partial charge in [-0.2, -0.15) is 0 Å². The van der Waals surface area contributed by atoms with Crippen LogP contribution in [0.3, 0.4) is 0 Å². The second kappa shape index (κ2) is 12.2. The maximum atomic E-state index is 11.0. The fourth-order valence-electron chi connectivity index (χ4n) is 5.78. The van der Waals surface area contributed by atoms with Gasteiger partial charge in [0.05, 0.1) is 17.4 Å². The molecule has 37 heavy (non-hydrogen) atoms. The summed E-state index contributed by atoms with van der Waals surface area (Å²) in [6.07, 6.45) is 9.11. The molecular formula is C33H40BrO2P. The SMILES string of the molecule is CC(/C=C/C1C(C(C)(C)O)CCC1(C)O)=C\C[P+](c1ccccc1)(c1ccccc1)c1ccccc1.[Br-]. The minimum absolute atomic E-state index is 0. The van der Waals surface area contributed by atoms with E-state index in [0.29, 0.717) is 6.42 Å². The largest absolute Gasteiger partial charge is 1.00 e. The number of hydrogen-bond acceptors (Lipinski definition) is 2. The average Bonchev–Trinajstić information content (AvgIpc) is 3.19. The standard InChI is InChI=1S/C33H40O2P.BrH/c1-26(20-21-31-30(32(2,3)34)22-24-33(31,4)35)23-25-36(27-14-8-5-9-15-27,28-16-10-6-11-17-28)29-18-12-7-13-19-29;/h5-21,23,30-31,34-35H,22,24-25H2,1-4H3;1H/q+1;/p-1/b21-20+,26-23+;. The minimum atomic E-state index is -1.92. The van der Waals surface area contributed by atoms with Crippen molar-refractivity contribution < 1.29 is 27.2 Å². The Kier molecular flexibility index (Phi) is 9.75. The lowest BCUT2D eigenvalue weighted by Gasteiger charge is -2.33. The molecule has 0 saturated heterocycles. The van der Waals surface area contributed by atoms with Crippen LogP contribution in [0.5, 0.6) is 0 Å². The van der Waals surface area contributed by atoms with Gasteiger partial charge in [-0.15, -0.1) is 0 Å². The first-order chi connectivity index (χ1) is 17.1. The second-order valence-corrected chi connectivity index (χ2v) is 14.5. The maximum absolute atomic E-state index is 11.0. The molecule has 0 bridgehead atoms. The van der Waals surface area contributed by atoms with Crippen LogP contribution in [-0.2, 0) is 0 Å². The van der Waals surface area contributed by atoms with E-state index < -0.39 is 18.5 Å². The molecule has 3 unspecified atom stereocenters. The van der Waals surface area contributed by atoms with Crippen molar-refractivity contribution in [3.63, 3.8) is 0 Å². The van der Waals surface area contributed by atoms with Crippen LogP contribution in [0, 0.1) is 11.8 Å². The van der Waals surface area contributed by atoms with Crippen molar-refractivity contribution in [2.75, 3.05) is 6.16 Å². The predicted octanol–water partition coefficient (Wildman–Crippen LogP) is 3.04. The van der Waals surface area contributed by atoms with E-state index >= 15 is 0 Å². The van der Waals surface area contributed by atoms with Gasteiger partial charge in [0.15, 0.2) is 0 Å². The van der Waals surface area contributed by atoms with E-state index in [1.165, 1.54) is 21.5 Å². The van der Waals surface area contributed by atoms with Gasteiger partial charge in [0.2, 0.25) is 0 Å². The van der Waals surface area contributed by atoms with Crippen molar-refractivity contribution in [2.24, 2.45) is 11.8 Å². The molecule has 0 aliphatic heterocycles. The lowest BCUT2D eigenvalue weighted by Crippen LogP contribution is -3.00. The molecule has 3 aromatic rings. The molecule has 1 aliphatic carbocycles. The molecule has 1 aliphatic rings. The smallest absolute Gasteiger partial charge is 0.115 e. The molecule has 0 radical (unpaired) electrons. The zero-order valence-corrected chi connectivity index (χ0v) is 24.9. The molecule has 0 spiro atoms. The van der Waals surface area contributed by atoms with E-state index in [9.17, 15) is 10.2 Å². The zero-order chi connectivity index (χ0) is 25.8. The first-order valence-electron chi connectivity index (χ1n) is 13.0. The highest BCUT2D eigenvalue weighted by molar-refractivity contribution is 7.95. The highest BCUT2D eigenvalue weighted by atomic mass is 79.9. The number of aliphatic hydroxyl groups is 2. The Morgan fingerprint density at radius 1 is 0.892 bits per heavy atom. The summed E-state index contributed by atoms with van der Waals surface area (Å²) in [6, 6.07) is 32.8. The van der Waals surface area contributed by atoms with Crippen LogP contribution in [-0.4, -0.2) is 27.6 Å². The lowest BCUT2D eigenvalue weighted by molar-refractivity contribution is -0.0294. The molecule has 2 N–H and O–H groups in total. The van der Waals surface area contributed by atoms with Gasteiger partial charge in [-0.05, 0) is 88.9 Å². The first kappa shape index (κ1) is 29.5. The van der Waals surface area contributed by atoms with Crippen molar-refractivity contribution in [3.8, 4) is 0 Å². The Hall–Kier alpha value is -2.03. The second-order valence-electron chi connectivity index (χ2n) is 11.0. The van der Waals surface area contributed by atoms with E-state index in [2.05, 4.69) is 116 Å². The molecule has 4 heteroatoms. The summed E-state index contributed by atoms with van der Waals surface area (Å²) in [7, 11) is -1.92. The monoisotopic (exact) mass is 578 g/mol. The molecule has 196 valence electrons. The molecule has 4 rings (SSSR count). The van der Waals surface area contributed by atoms with Crippen molar-refractivity contribution in [1.29, 1.82) is 0 Å². The van der Waals surface area contributed by atoms with Crippen LogP contribution in [0.4, 0.5) is 0 Å². The van der Waals surface area contributed by atoms with Gasteiger partial charge in [0.25, 0.3) is 0 Å². The van der Waals surface area contributed by atoms with Gasteiger partial charge < -0.3 is 27.2 Å². The summed E-state index contributed by atoms with van der Waals surface area (Å²) >= 11 is 0. The number of halogens is 1. The molecular weight excluding hydrogens is 539 g/mol. The average molecular weight is 580 g/mol. The van der Waals surface area contributed by atoms with Gasteiger partial charge in [-0.1, -0.05) is 72.3 Å². The molecule has 3 atom stereocenters. The van der Waals surface area contributed by atoms with Gasteiger partial charge in [0, 0.05) is 5.92 Å². The topological polar surface area (TPSA) is 40.5 Å². The van der Waals surface area contributed by atoms with Crippen LogP contribution in [0.25, 0.3) is 0 Å². The maximum Gasteiger partial charge on any atom is 0.115 e. The minimum Gasteiger partial charge on any atom is -1.00 e. The van der Waals surface area contributed by atoms with Crippen LogP contribution in [0.2, 0.25) is 0 Å². The zero-order valence-electron chi connectivity index (χ0n) is 22.4.